The molecule has 0 amide bonds. The van der Waals surface area contributed by atoms with Gasteiger partial charge in [-0.1, -0.05) is 53.7 Å². The second-order valence-corrected chi connectivity index (χ2v) is 6.92. The molecule has 0 aliphatic heterocycles. The average Bonchev–Trinajstić information content (AvgIpc) is 3.36. The number of benzene rings is 2. The summed E-state index contributed by atoms with van der Waals surface area (Å²) in [6.45, 7) is 2.75. The monoisotopic (exact) mass is 373 g/mol. The van der Waals surface area contributed by atoms with Crippen molar-refractivity contribution in [3.8, 4) is 11.1 Å². The van der Waals surface area contributed by atoms with Gasteiger partial charge >= 0.3 is 0 Å². The summed E-state index contributed by atoms with van der Waals surface area (Å²) < 4.78 is 7.26. The third-order valence-corrected chi connectivity index (χ3v) is 4.64. The van der Waals surface area contributed by atoms with Crippen LogP contribution in [-0.4, -0.2) is 19.9 Å². The minimum absolute atomic E-state index is 0.0286. The normalized spacial score (nSPS) is 12.2. The van der Waals surface area contributed by atoms with Crippen LogP contribution < -0.4 is 5.32 Å². The molecule has 4 rings (SSSR count). The fourth-order valence-electron chi connectivity index (χ4n) is 3.08. The highest BCUT2D eigenvalue weighted by Crippen LogP contribution is 2.20. The highest BCUT2D eigenvalue weighted by Gasteiger charge is 2.14. The largest absolute Gasteiger partial charge is 0.338 e. The lowest BCUT2D eigenvalue weighted by molar-refractivity contribution is 0.336. The van der Waals surface area contributed by atoms with E-state index in [1.807, 2.05) is 49.2 Å². The van der Waals surface area contributed by atoms with Crippen LogP contribution in [0.25, 0.3) is 11.1 Å². The molecule has 0 radical (unpaired) electrons. The van der Waals surface area contributed by atoms with Gasteiger partial charge in [-0.25, -0.2) is 0 Å². The van der Waals surface area contributed by atoms with E-state index in [4.69, 9.17) is 4.52 Å². The zero-order valence-electron chi connectivity index (χ0n) is 16.0. The Hall–Kier alpha value is -3.25. The molecule has 4 aromatic rings. The quantitative estimate of drug-likeness (QED) is 0.532. The molecule has 6 nitrogen and oxygen atoms in total. The van der Waals surface area contributed by atoms with Gasteiger partial charge in [0.2, 0.25) is 5.89 Å². The number of nitrogens with one attached hydrogen (secondary N) is 1. The van der Waals surface area contributed by atoms with Crippen LogP contribution in [0.1, 0.15) is 35.8 Å². The van der Waals surface area contributed by atoms with Crippen molar-refractivity contribution in [3.63, 3.8) is 0 Å². The van der Waals surface area contributed by atoms with E-state index in [2.05, 4.69) is 57.0 Å². The minimum Gasteiger partial charge on any atom is -0.338 e. The van der Waals surface area contributed by atoms with Crippen molar-refractivity contribution in [2.75, 3.05) is 0 Å². The molecule has 2 aromatic heterocycles. The fraction of sp³-hybridized carbons (Fsp3) is 0.227. The second-order valence-electron chi connectivity index (χ2n) is 6.92. The van der Waals surface area contributed by atoms with E-state index in [0.29, 0.717) is 24.7 Å². The van der Waals surface area contributed by atoms with Gasteiger partial charge in [0, 0.05) is 31.8 Å². The van der Waals surface area contributed by atoms with Gasteiger partial charge in [-0.2, -0.15) is 10.1 Å². The Morgan fingerprint density at radius 1 is 1.04 bits per heavy atom. The SMILES string of the molecule is CC(NCc1cccc(-c2cnn(C)c2)c1)c1nc(Cc2ccccc2)no1. The van der Waals surface area contributed by atoms with Crippen molar-refractivity contribution in [2.45, 2.75) is 25.9 Å². The molecule has 1 unspecified atom stereocenters. The number of aromatic nitrogens is 4. The Kier molecular flexibility index (Phi) is 5.30. The van der Waals surface area contributed by atoms with Crippen LogP contribution in [0.15, 0.2) is 71.5 Å². The van der Waals surface area contributed by atoms with Crippen molar-refractivity contribution in [1.29, 1.82) is 0 Å². The van der Waals surface area contributed by atoms with E-state index in [1.54, 1.807) is 0 Å². The zero-order chi connectivity index (χ0) is 19.3. The summed E-state index contributed by atoms with van der Waals surface area (Å²) in [6.07, 6.45) is 4.56. The molecule has 0 saturated carbocycles. The summed E-state index contributed by atoms with van der Waals surface area (Å²) in [5.74, 6) is 1.31. The Bertz CT molecular complexity index is 1040. The van der Waals surface area contributed by atoms with Crippen LogP contribution in [0.5, 0.6) is 0 Å². The Labute approximate surface area is 164 Å². The van der Waals surface area contributed by atoms with Crippen molar-refractivity contribution >= 4 is 0 Å². The second kappa shape index (κ2) is 8.19. The standard InChI is InChI=1S/C22H23N5O/c1-16(22-25-21(26-28-22)12-17-7-4-3-5-8-17)23-13-18-9-6-10-19(11-18)20-14-24-27(2)15-20/h3-11,14-16,23H,12-13H2,1-2H3. The van der Waals surface area contributed by atoms with Gasteiger partial charge < -0.3 is 9.84 Å². The predicted molar refractivity (Wildman–Crippen MR) is 107 cm³/mol. The zero-order valence-corrected chi connectivity index (χ0v) is 16.0. The van der Waals surface area contributed by atoms with Crippen molar-refractivity contribution < 1.29 is 4.52 Å². The summed E-state index contributed by atoms with van der Waals surface area (Å²) in [4.78, 5) is 4.53. The smallest absolute Gasteiger partial charge is 0.243 e. The van der Waals surface area contributed by atoms with E-state index < -0.39 is 0 Å². The summed E-state index contributed by atoms with van der Waals surface area (Å²) >= 11 is 0. The van der Waals surface area contributed by atoms with Gasteiger partial charge in [0.15, 0.2) is 5.82 Å². The van der Waals surface area contributed by atoms with Crippen molar-refractivity contribution in [2.24, 2.45) is 7.05 Å². The maximum Gasteiger partial charge on any atom is 0.243 e. The molecule has 0 fully saturated rings. The maximum absolute atomic E-state index is 5.45. The van der Waals surface area contributed by atoms with Crippen LogP contribution in [-0.2, 0) is 20.0 Å². The summed E-state index contributed by atoms with van der Waals surface area (Å²) in [5.41, 5.74) is 4.63. The van der Waals surface area contributed by atoms with E-state index in [1.165, 1.54) is 11.1 Å². The molecule has 6 heteroatoms. The van der Waals surface area contributed by atoms with Crippen LogP contribution in [0.2, 0.25) is 0 Å². The highest BCUT2D eigenvalue weighted by atomic mass is 16.5. The van der Waals surface area contributed by atoms with Crippen molar-refractivity contribution in [3.05, 3.63) is 89.8 Å². The number of rotatable bonds is 7. The van der Waals surface area contributed by atoms with Gasteiger partial charge in [-0.3, -0.25) is 4.68 Å². The van der Waals surface area contributed by atoms with Gasteiger partial charge in [0.1, 0.15) is 0 Å². The first-order valence-electron chi connectivity index (χ1n) is 9.35. The molecule has 142 valence electrons. The first kappa shape index (κ1) is 18.1. The molecule has 0 aliphatic rings. The molecule has 2 aromatic carbocycles. The lowest BCUT2D eigenvalue weighted by Crippen LogP contribution is -2.18. The van der Waals surface area contributed by atoms with Crippen molar-refractivity contribution in [1.82, 2.24) is 25.2 Å². The molecule has 28 heavy (non-hydrogen) atoms. The number of hydrogen-bond acceptors (Lipinski definition) is 5. The predicted octanol–water partition coefficient (Wildman–Crippen LogP) is 3.91. The van der Waals surface area contributed by atoms with Crippen LogP contribution >= 0.6 is 0 Å². The molecule has 1 N–H and O–H groups in total. The van der Waals surface area contributed by atoms with E-state index in [9.17, 15) is 0 Å². The van der Waals surface area contributed by atoms with E-state index >= 15 is 0 Å². The molecule has 0 aliphatic carbocycles. The van der Waals surface area contributed by atoms with Gasteiger partial charge in [-0.05, 0) is 29.7 Å². The fourth-order valence-corrected chi connectivity index (χ4v) is 3.08. The number of nitrogens with zero attached hydrogens (tertiary/aromatic N) is 4. The van der Waals surface area contributed by atoms with Crippen LogP contribution in [0.3, 0.4) is 0 Å². The average molecular weight is 373 g/mol. The highest BCUT2D eigenvalue weighted by molar-refractivity contribution is 5.62. The first-order valence-corrected chi connectivity index (χ1v) is 9.35. The van der Waals surface area contributed by atoms with E-state index in [-0.39, 0.29) is 6.04 Å². The molecular formula is C22H23N5O. The Morgan fingerprint density at radius 2 is 1.86 bits per heavy atom. The van der Waals surface area contributed by atoms with Crippen LogP contribution in [0, 0.1) is 0 Å². The third kappa shape index (κ3) is 4.35. The molecule has 1 atom stereocenters. The third-order valence-electron chi connectivity index (χ3n) is 4.64. The lowest BCUT2D eigenvalue weighted by atomic mass is 10.1. The molecular weight excluding hydrogens is 350 g/mol. The summed E-state index contributed by atoms with van der Waals surface area (Å²) in [5, 5.41) is 11.8. The van der Waals surface area contributed by atoms with Gasteiger partial charge in [0.25, 0.3) is 0 Å². The molecule has 0 bridgehead atoms. The number of aryl methyl sites for hydroxylation is 1. The summed E-state index contributed by atoms with van der Waals surface area (Å²) in [7, 11) is 1.92. The minimum atomic E-state index is -0.0286. The number of hydrogen-bond donors (Lipinski definition) is 1. The Morgan fingerprint density at radius 3 is 2.64 bits per heavy atom. The molecule has 0 saturated heterocycles. The first-order chi connectivity index (χ1) is 13.7. The topological polar surface area (TPSA) is 68.8 Å². The molecule has 2 heterocycles. The molecule has 0 spiro atoms. The van der Waals surface area contributed by atoms with Gasteiger partial charge in [-0.15, -0.1) is 0 Å². The maximum atomic E-state index is 5.45. The Balaban J connectivity index is 1.37. The van der Waals surface area contributed by atoms with Gasteiger partial charge in [0.05, 0.1) is 12.2 Å². The van der Waals surface area contributed by atoms with E-state index in [0.717, 1.165) is 11.1 Å². The summed E-state index contributed by atoms with van der Waals surface area (Å²) in [6, 6.07) is 18.6. The lowest BCUT2D eigenvalue weighted by Gasteiger charge is -2.10. The van der Waals surface area contributed by atoms with Crippen LogP contribution in [0.4, 0.5) is 0 Å².